The minimum atomic E-state index is -0.839. The molecule has 21 heavy (non-hydrogen) atoms. The predicted molar refractivity (Wildman–Crippen MR) is 87.0 cm³/mol. The van der Waals surface area contributed by atoms with Crippen LogP contribution in [0.5, 0.6) is 0 Å². The summed E-state index contributed by atoms with van der Waals surface area (Å²) < 4.78 is 1.16. The number of hydrogen-bond acceptors (Lipinski definition) is 3. The fraction of sp³-hybridized carbons (Fsp3) is 0.118. The summed E-state index contributed by atoms with van der Waals surface area (Å²) >= 11 is 1.62. The molecule has 106 valence electrons. The van der Waals surface area contributed by atoms with Crippen LogP contribution in [0.4, 0.5) is 5.69 Å². The molecule has 0 bridgehead atoms. The predicted octanol–water partition coefficient (Wildman–Crippen LogP) is 4.01. The number of fused-ring (bicyclic) bond motifs is 1. The van der Waals surface area contributed by atoms with E-state index < -0.39 is 12.0 Å². The smallest absolute Gasteiger partial charge is 0.326 e. The van der Waals surface area contributed by atoms with E-state index in [9.17, 15) is 9.90 Å². The number of rotatable bonds is 5. The lowest BCUT2D eigenvalue weighted by Gasteiger charge is -2.15. The molecule has 3 nitrogen and oxygen atoms in total. The molecule has 0 saturated heterocycles. The maximum absolute atomic E-state index is 11.5. The molecule has 0 spiro atoms. The highest BCUT2D eigenvalue weighted by atomic mass is 32.1. The van der Waals surface area contributed by atoms with E-state index in [1.807, 2.05) is 60.0 Å². The molecule has 3 rings (SSSR count). The van der Waals surface area contributed by atoms with Crippen LogP contribution in [0.1, 0.15) is 5.56 Å². The number of nitrogens with one attached hydrogen (secondary N) is 1. The first-order valence-electron chi connectivity index (χ1n) is 6.73. The first kappa shape index (κ1) is 13.6. The lowest BCUT2D eigenvalue weighted by atomic mass is 10.1. The second-order valence-electron chi connectivity index (χ2n) is 4.87. The van der Waals surface area contributed by atoms with Crippen molar-refractivity contribution in [2.75, 3.05) is 5.32 Å². The van der Waals surface area contributed by atoms with Crippen LogP contribution in [0.3, 0.4) is 0 Å². The van der Waals surface area contributed by atoms with Crippen LogP contribution in [0.2, 0.25) is 0 Å². The standard InChI is InChI=1S/C17H15NO2S/c19-17(20)14(10-12-6-2-1-3-7-12)18-15-11-21-16-9-5-4-8-13(15)16/h1-9,11,14,18H,10H2,(H,19,20). The number of aliphatic carboxylic acids is 1. The monoisotopic (exact) mass is 297 g/mol. The van der Waals surface area contributed by atoms with Gasteiger partial charge in [-0.05, 0) is 11.6 Å². The van der Waals surface area contributed by atoms with E-state index in [-0.39, 0.29) is 0 Å². The molecule has 0 fully saturated rings. The Morgan fingerprint density at radius 1 is 1.10 bits per heavy atom. The Hall–Kier alpha value is -2.33. The second kappa shape index (κ2) is 5.97. The highest BCUT2D eigenvalue weighted by Gasteiger charge is 2.19. The largest absolute Gasteiger partial charge is 0.480 e. The van der Waals surface area contributed by atoms with Crippen molar-refractivity contribution < 1.29 is 9.90 Å². The third kappa shape index (κ3) is 3.06. The first-order chi connectivity index (χ1) is 10.2. The summed E-state index contributed by atoms with van der Waals surface area (Å²) in [7, 11) is 0. The molecule has 0 amide bonds. The molecule has 4 heteroatoms. The molecule has 3 aromatic rings. The van der Waals surface area contributed by atoms with E-state index in [2.05, 4.69) is 5.32 Å². The summed E-state index contributed by atoms with van der Waals surface area (Å²) in [6.07, 6.45) is 0.459. The third-order valence-corrected chi connectivity index (χ3v) is 4.35. The molecule has 0 radical (unpaired) electrons. The molecule has 0 saturated carbocycles. The number of benzene rings is 2. The van der Waals surface area contributed by atoms with Crippen molar-refractivity contribution in [2.45, 2.75) is 12.5 Å². The van der Waals surface area contributed by atoms with Crippen LogP contribution in [0, 0.1) is 0 Å². The van der Waals surface area contributed by atoms with Gasteiger partial charge in [0.2, 0.25) is 0 Å². The van der Waals surface area contributed by atoms with Gasteiger partial charge in [0.15, 0.2) is 0 Å². The van der Waals surface area contributed by atoms with Crippen LogP contribution in [-0.2, 0) is 11.2 Å². The van der Waals surface area contributed by atoms with Gasteiger partial charge in [0.1, 0.15) is 6.04 Å². The van der Waals surface area contributed by atoms with Crippen LogP contribution < -0.4 is 5.32 Å². The number of carboxylic acids is 1. The Bertz CT molecular complexity index is 752. The van der Waals surface area contributed by atoms with Gasteiger partial charge in [-0.1, -0.05) is 48.5 Å². The van der Waals surface area contributed by atoms with Crippen molar-refractivity contribution in [2.24, 2.45) is 0 Å². The fourth-order valence-electron chi connectivity index (χ4n) is 2.33. The van der Waals surface area contributed by atoms with Crippen molar-refractivity contribution in [3.63, 3.8) is 0 Å². The quantitative estimate of drug-likeness (QED) is 0.748. The highest BCUT2D eigenvalue weighted by Crippen LogP contribution is 2.30. The number of hydrogen-bond donors (Lipinski definition) is 2. The summed E-state index contributed by atoms with van der Waals surface area (Å²) in [6, 6.07) is 17.0. The topological polar surface area (TPSA) is 49.3 Å². The summed E-state index contributed by atoms with van der Waals surface area (Å²) in [4.78, 5) is 11.5. The Kier molecular flexibility index (Phi) is 3.88. The Balaban J connectivity index is 1.84. The van der Waals surface area contributed by atoms with Crippen LogP contribution in [0.25, 0.3) is 10.1 Å². The Morgan fingerprint density at radius 3 is 2.57 bits per heavy atom. The molecule has 2 N–H and O–H groups in total. The molecule has 0 aliphatic rings. The highest BCUT2D eigenvalue weighted by molar-refractivity contribution is 7.17. The van der Waals surface area contributed by atoms with E-state index in [1.54, 1.807) is 11.3 Å². The zero-order chi connectivity index (χ0) is 14.7. The van der Waals surface area contributed by atoms with Gasteiger partial charge in [-0.2, -0.15) is 0 Å². The summed E-state index contributed by atoms with van der Waals surface area (Å²) in [5.41, 5.74) is 1.90. The van der Waals surface area contributed by atoms with Crippen molar-refractivity contribution in [3.05, 3.63) is 65.5 Å². The van der Waals surface area contributed by atoms with Gasteiger partial charge in [0, 0.05) is 21.9 Å². The van der Waals surface area contributed by atoms with Crippen LogP contribution in [-0.4, -0.2) is 17.1 Å². The summed E-state index contributed by atoms with van der Waals surface area (Å²) in [6.45, 7) is 0. The normalized spacial score (nSPS) is 12.2. The lowest BCUT2D eigenvalue weighted by molar-refractivity contribution is -0.137. The van der Waals surface area contributed by atoms with E-state index in [0.29, 0.717) is 6.42 Å². The molecule has 0 aliphatic heterocycles. The van der Waals surface area contributed by atoms with Crippen LogP contribution >= 0.6 is 11.3 Å². The zero-order valence-electron chi connectivity index (χ0n) is 11.3. The maximum Gasteiger partial charge on any atom is 0.326 e. The number of carboxylic acid groups (broad SMARTS) is 1. The van der Waals surface area contributed by atoms with Crippen molar-refractivity contribution >= 4 is 33.1 Å². The average molecular weight is 297 g/mol. The number of carbonyl (C=O) groups is 1. The average Bonchev–Trinajstić information content (AvgIpc) is 2.91. The third-order valence-electron chi connectivity index (χ3n) is 3.39. The molecular weight excluding hydrogens is 282 g/mol. The fourth-order valence-corrected chi connectivity index (χ4v) is 3.23. The van der Waals surface area contributed by atoms with Gasteiger partial charge < -0.3 is 10.4 Å². The van der Waals surface area contributed by atoms with Crippen molar-refractivity contribution in [1.82, 2.24) is 0 Å². The van der Waals surface area contributed by atoms with Gasteiger partial charge >= 0.3 is 5.97 Å². The molecule has 2 aromatic carbocycles. The number of thiophene rings is 1. The van der Waals surface area contributed by atoms with E-state index >= 15 is 0 Å². The van der Waals surface area contributed by atoms with E-state index in [4.69, 9.17) is 0 Å². The molecule has 1 unspecified atom stereocenters. The SMILES string of the molecule is O=C(O)C(Cc1ccccc1)Nc1csc2ccccc12. The zero-order valence-corrected chi connectivity index (χ0v) is 12.1. The molecular formula is C17H15NO2S. The second-order valence-corrected chi connectivity index (χ2v) is 5.78. The Morgan fingerprint density at radius 2 is 1.81 bits per heavy atom. The molecule has 0 aliphatic carbocycles. The molecule has 1 heterocycles. The lowest BCUT2D eigenvalue weighted by Crippen LogP contribution is -2.31. The number of anilines is 1. The summed E-state index contributed by atoms with van der Waals surface area (Å²) in [5, 5.41) is 15.7. The van der Waals surface area contributed by atoms with Crippen molar-refractivity contribution in [3.8, 4) is 0 Å². The van der Waals surface area contributed by atoms with Gasteiger partial charge in [-0.3, -0.25) is 0 Å². The first-order valence-corrected chi connectivity index (χ1v) is 7.61. The van der Waals surface area contributed by atoms with Crippen molar-refractivity contribution in [1.29, 1.82) is 0 Å². The minimum Gasteiger partial charge on any atom is -0.480 e. The van der Waals surface area contributed by atoms with Crippen LogP contribution in [0.15, 0.2) is 60.0 Å². The van der Waals surface area contributed by atoms with E-state index in [1.165, 1.54) is 0 Å². The van der Waals surface area contributed by atoms with Gasteiger partial charge in [-0.15, -0.1) is 11.3 Å². The van der Waals surface area contributed by atoms with Gasteiger partial charge in [-0.25, -0.2) is 4.79 Å². The van der Waals surface area contributed by atoms with Gasteiger partial charge in [0.05, 0.1) is 5.69 Å². The summed E-state index contributed by atoms with van der Waals surface area (Å²) in [5.74, 6) is -0.839. The minimum absolute atomic E-state index is 0.459. The molecule has 1 aromatic heterocycles. The maximum atomic E-state index is 11.5. The van der Waals surface area contributed by atoms with E-state index in [0.717, 1.165) is 21.3 Å². The molecule has 1 atom stereocenters. The van der Waals surface area contributed by atoms with Gasteiger partial charge in [0.25, 0.3) is 0 Å². The Labute approximate surface area is 126 Å².